The number of carbonyl (C=O) groups excluding carboxylic acids is 1. The molecule has 1 aromatic carbocycles. The maximum absolute atomic E-state index is 12.3. The van der Waals surface area contributed by atoms with Crippen LogP contribution in [0.15, 0.2) is 18.7 Å². The molecule has 0 unspecified atom stereocenters. The van der Waals surface area contributed by atoms with E-state index in [1.807, 2.05) is 0 Å². The molecular formula is C11H9F3O5S. The summed E-state index contributed by atoms with van der Waals surface area (Å²) in [5, 5.41) is 0. The Morgan fingerprint density at radius 1 is 1.30 bits per heavy atom. The molecule has 0 N–H and O–H groups in total. The summed E-state index contributed by atoms with van der Waals surface area (Å²) in [7, 11) is -4.78. The number of benzene rings is 1. The zero-order valence-corrected chi connectivity index (χ0v) is 10.9. The van der Waals surface area contributed by atoms with Crippen molar-refractivity contribution in [3.63, 3.8) is 0 Å². The van der Waals surface area contributed by atoms with Crippen molar-refractivity contribution in [2.75, 3.05) is 7.11 Å². The summed E-state index contributed by atoms with van der Waals surface area (Å²) in [6.07, 6.45) is 1.32. The Labute approximate surface area is 112 Å². The number of methoxy groups -OCH3 is 1. The lowest BCUT2D eigenvalue weighted by atomic mass is 10.1. The second-order valence-electron chi connectivity index (χ2n) is 3.41. The topological polar surface area (TPSA) is 69.7 Å². The van der Waals surface area contributed by atoms with Gasteiger partial charge in [0.1, 0.15) is 0 Å². The number of aldehydes is 1. The van der Waals surface area contributed by atoms with Crippen molar-refractivity contribution in [3.8, 4) is 11.5 Å². The van der Waals surface area contributed by atoms with Gasteiger partial charge in [-0.1, -0.05) is 12.7 Å². The Hall–Kier alpha value is -2.03. The Morgan fingerprint density at radius 3 is 2.30 bits per heavy atom. The minimum atomic E-state index is -5.88. The number of rotatable bonds is 5. The standard InChI is InChI=1S/C11H9F3O5S/c1-3-8-7(6-15)4-5-9(18-2)10(8)19-20(16,17)11(12,13)14/h3-6H,1H2,2H3. The van der Waals surface area contributed by atoms with Crippen molar-refractivity contribution < 1.29 is 35.3 Å². The van der Waals surface area contributed by atoms with Crippen LogP contribution in [-0.4, -0.2) is 27.3 Å². The molecule has 1 aromatic rings. The second-order valence-corrected chi connectivity index (χ2v) is 4.94. The minimum Gasteiger partial charge on any atom is -0.493 e. The average molecular weight is 310 g/mol. The van der Waals surface area contributed by atoms with Gasteiger partial charge in [-0.15, -0.1) is 0 Å². The van der Waals surface area contributed by atoms with Crippen molar-refractivity contribution >= 4 is 22.5 Å². The lowest BCUT2D eigenvalue weighted by molar-refractivity contribution is -0.0500. The van der Waals surface area contributed by atoms with Gasteiger partial charge in [0.05, 0.1) is 7.11 Å². The highest BCUT2D eigenvalue weighted by Crippen LogP contribution is 2.37. The van der Waals surface area contributed by atoms with E-state index in [9.17, 15) is 26.4 Å². The first-order valence-electron chi connectivity index (χ1n) is 4.97. The normalized spacial score (nSPS) is 11.8. The van der Waals surface area contributed by atoms with Crippen LogP contribution < -0.4 is 8.92 Å². The molecule has 0 aliphatic rings. The van der Waals surface area contributed by atoms with Gasteiger partial charge in [-0.05, 0) is 12.1 Å². The van der Waals surface area contributed by atoms with Crippen molar-refractivity contribution in [1.82, 2.24) is 0 Å². The Bertz CT molecular complexity index is 634. The maximum Gasteiger partial charge on any atom is 0.534 e. The van der Waals surface area contributed by atoms with Crippen LogP contribution in [0.3, 0.4) is 0 Å². The second kappa shape index (κ2) is 5.53. The molecule has 0 bridgehead atoms. The van der Waals surface area contributed by atoms with Gasteiger partial charge in [-0.3, -0.25) is 4.79 Å². The van der Waals surface area contributed by atoms with E-state index in [0.717, 1.165) is 19.3 Å². The predicted octanol–water partition coefficient (Wildman–Crippen LogP) is 2.38. The third-order valence-electron chi connectivity index (χ3n) is 2.22. The molecule has 0 saturated carbocycles. The van der Waals surface area contributed by atoms with Crippen LogP contribution >= 0.6 is 0 Å². The van der Waals surface area contributed by atoms with E-state index in [2.05, 4.69) is 10.8 Å². The van der Waals surface area contributed by atoms with Gasteiger partial charge in [0.15, 0.2) is 17.8 Å². The number of ether oxygens (including phenoxy) is 1. The molecule has 0 aliphatic carbocycles. The molecule has 0 heterocycles. The zero-order valence-electron chi connectivity index (χ0n) is 10.1. The summed E-state index contributed by atoms with van der Waals surface area (Å²) in [5.41, 5.74) is -5.91. The molecule has 20 heavy (non-hydrogen) atoms. The van der Waals surface area contributed by atoms with Gasteiger partial charge in [0.25, 0.3) is 0 Å². The van der Waals surface area contributed by atoms with E-state index in [1.165, 1.54) is 6.07 Å². The van der Waals surface area contributed by atoms with Crippen molar-refractivity contribution in [1.29, 1.82) is 0 Å². The van der Waals surface area contributed by atoms with Crippen molar-refractivity contribution in [2.24, 2.45) is 0 Å². The molecule has 0 aliphatic heterocycles. The lowest BCUT2D eigenvalue weighted by Crippen LogP contribution is -2.28. The quantitative estimate of drug-likeness (QED) is 0.474. The molecule has 0 atom stereocenters. The van der Waals surface area contributed by atoms with E-state index >= 15 is 0 Å². The summed E-state index contributed by atoms with van der Waals surface area (Å²) >= 11 is 0. The number of alkyl halides is 3. The highest BCUT2D eigenvalue weighted by Gasteiger charge is 2.49. The van der Waals surface area contributed by atoms with Crippen LogP contribution in [0, 0.1) is 0 Å². The third-order valence-corrected chi connectivity index (χ3v) is 3.17. The van der Waals surface area contributed by atoms with Gasteiger partial charge in [0.2, 0.25) is 0 Å². The molecule has 0 aromatic heterocycles. The molecule has 0 radical (unpaired) electrons. The average Bonchev–Trinajstić information content (AvgIpc) is 2.36. The van der Waals surface area contributed by atoms with Gasteiger partial charge < -0.3 is 8.92 Å². The highest BCUT2D eigenvalue weighted by molar-refractivity contribution is 7.88. The minimum absolute atomic E-state index is 0.0897. The zero-order chi connectivity index (χ0) is 15.6. The van der Waals surface area contributed by atoms with Crippen molar-refractivity contribution in [3.05, 3.63) is 29.8 Å². The maximum atomic E-state index is 12.3. The third kappa shape index (κ3) is 2.93. The fourth-order valence-electron chi connectivity index (χ4n) is 1.31. The molecule has 1 rings (SSSR count). The van der Waals surface area contributed by atoms with Crippen molar-refractivity contribution in [2.45, 2.75) is 5.51 Å². The number of carbonyl (C=O) groups is 1. The van der Waals surface area contributed by atoms with Gasteiger partial charge >= 0.3 is 15.6 Å². The smallest absolute Gasteiger partial charge is 0.493 e. The van der Waals surface area contributed by atoms with Gasteiger partial charge in [0, 0.05) is 11.1 Å². The molecular weight excluding hydrogens is 301 g/mol. The van der Waals surface area contributed by atoms with Crippen LogP contribution in [0.2, 0.25) is 0 Å². The monoisotopic (exact) mass is 310 g/mol. The SMILES string of the molecule is C=Cc1c(C=O)ccc(OC)c1OS(=O)(=O)C(F)(F)F. The van der Waals surface area contributed by atoms with Crippen LogP contribution in [0.1, 0.15) is 15.9 Å². The molecule has 0 fully saturated rings. The Morgan fingerprint density at radius 2 is 1.90 bits per heavy atom. The predicted molar refractivity (Wildman–Crippen MR) is 64.1 cm³/mol. The molecule has 0 saturated heterocycles. The van der Waals surface area contributed by atoms with E-state index < -0.39 is 21.4 Å². The van der Waals surface area contributed by atoms with E-state index in [0.29, 0.717) is 6.29 Å². The lowest BCUT2D eigenvalue weighted by Gasteiger charge is -2.15. The first-order valence-corrected chi connectivity index (χ1v) is 6.38. The fourth-order valence-corrected chi connectivity index (χ4v) is 1.80. The molecule has 0 amide bonds. The summed E-state index contributed by atoms with van der Waals surface area (Å²) < 4.78 is 67.8. The number of hydrogen-bond donors (Lipinski definition) is 0. The highest BCUT2D eigenvalue weighted by atomic mass is 32.2. The van der Waals surface area contributed by atoms with Gasteiger partial charge in [-0.2, -0.15) is 21.6 Å². The largest absolute Gasteiger partial charge is 0.534 e. The number of halogens is 3. The van der Waals surface area contributed by atoms with E-state index in [4.69, 9.17) is 4.74 Å². The summed E-state index contributed by atoms with van der Waals surface area (Å²) in [4.78, 5) is 10.8. The summed E-state index contributed by atoms with van der Waals surface area (Å²) in [6.45, 7) is 3.30. The first kappa shape index (κ1) is 16.0. The summed E-state index contributed by atoms with van der Waals surface area (Å²) in [5.74, 6) is -1.03. The van der Waals surface area contributed by atoms with Crippen LogP contribution in [-0.2, 0) is 10.1 Å². The summed E-state index contributed by atoms with van der Waals surface area (Å²) in [6, 6.07) is 2.34. The van der Waals surface area contributed by atoms with Crippen LogP contribution in [0.4, 0.5) is 13.2 Å². The number of hydrogen-bond acceptors (Lipinski definition) is 5. The van der Waals surface area contributed by atoms with E-state index in [1.54, 1.807) is 0 Å². The molecule has 110 valence electrons. The molecule has 5 nitrogen and oxygen atoms in total. The van der Waals surface area contributed by atoms with E-state index in [-0.39, 0.29) is 16.9 Å². The first-order chi connectivity index (χ1) is 9.17. The van der Waals surface area contributed by atoms with Crippen LogP contribution in [0.25, 0.3) is 6.08 Å². The fraction of sp³-hybridized carbons (Fsp3) is 0.182. The Kier molecular flexibility index (Phi) is 4.43. The van der Waals surface area contributed by atoms with Crippen LogP contribution in [0.5, 0.6) is 11.5 Å². The van der Waals surface area contributed by atoms with Gasteiger partial charge in [-0.25, -0.2) is 0 Å². The Balaban J connectivity index is 3.51. The molecule has 0 spiro atoms. The molecule has 9 heteroatoms.